The maximum Gasteiger partial charge on any atom is 0.309 e. The van der Waals surface area contributed by atoms with E-state index in [0.717, 1.165) is 32.4 Å². The lowest BCUT2D eigenvalue weighted by molar-refractivity contribution is -0.384. The molecule has 110 valence electrons. The van der Waals surface area contributed by atoms with Crippen LogP contribution >= 0.6 is 0 Å². The summed E-state index contributed by atoms with van der Waals surface area (Å²) in [5.74, 6) is -0.0774. The molecule has 1 heterocycles. The second-order valence-electron chi connectivity index (χ2n) is 4.87. The molecule has 1 aromatic carbocycles. The first-order chi connectivity index (χ1) is 10.1. The SMILES string of the molecule is N#Cc1cccc(NCC(=O)N2CCCCC2)c1[N+](=O)[O-]. The molecule has 1 aliphatic heterocycles. The number of nitrogens with one attached hydrogen (secondary N) is 1. The van der Waals surface area contributed by atoms with Crippen molar-refractivity contribution in [3.8, 4) is 6.07 Å². The summed E-state index contributed by atoms with van der Waals surface area (Å²) in [5.41, 5.74) is -0.105. The van der Waals surface area contributed by atoms with E-state index in [1.165, 1.54) is 12.1 Å². The molecule has 0 spiro atoms. The molecule has 1 amide bonds. The number of rotatable bonds is 4. The van der Waals surface area contributed by atoms with Gasteiger partial charge in [-0.05, 0) is 31.4 Å². The fourth-order valence-electron chi connectivity index (χ4n) is 2.40. The van der Waals surface area contributed by atoms with Gasteiger partial charge < -0.3 is 10.2 Å². The van der Waals surface area contributed by atoms with Crippen LogP contribution in [-0.4, -0.2) is 35.4 Å². The molecule has 2 rings (SSSR count). The smallest absolute Gasteiger partial charge is 0.309 e. The van der Waals surface area contributed by atoms with Gasteiger partial charge in [-0.1, -0.05) is 6.07 Å². The summed E-state index contributed by atoms with van der Waals surface area (Å²) < 4.78 is 0. The van der Waals surface area contributed by atoms with E-state index in [1.54, 1.807) is 17.0 Å². The van der Waals surface area contributed by atoms with Crippen LogP contribution in [0, 0.1) is 21.4 Å². The third kappa shape index (κ3) is 3.48. The van der Waals surface area contributed by atoms with Crippen LogP contribution in [0.2, 0.25) is 0 Å². The van der Waals surface area contributed by atoms with Gasteiger partial charge in [0.25, 0.3) is 0 Å². The van der Waals surface area contributed by atoms with E-state index in [0.29, 0.717) is 0 Å². The Balaban J connectivity index is 2.08. The molecule has 0 aliphatic carbocycles. The molecule has 0 saturated carbocycles. The van der Waals surface area contributed by atoms with Crippen molar-refractivity contribution < 1.29 is 9.72 Å². The number of piperidine rings is 1. The maximum absolute atomic E-state index is 12.0. The number of para-hydroxylation sites is 1. The minimum absolute atomic E-state index is 0.00424. The van der Waals surface area contributed by atoms with Crippen LogP contribution in [0.3, 0.4) is 0 Å². The highest BCUT2D eigenvalue weighted by Gasteiger charge is 2.21. The molecule has 0 bridgehead atoms. The molecular weight excluding hydrogens is 272 g/mol. The zero-order valence-electron chi connectivity index (χ0n) is 11.5. The number of carbonyl (C=O) groups is 1. The third-order valence-corrected chi connectivity index (χ3v) is 3.48. The molecule has 0 aromatic heterocycles. The number of amides is 1. The number of nitrogens with zero attached hydrogens (tertiary/aromatic N) is 3. The summed E-state index contributed by atoms with van der Waals surface area (Å²) in [7, 11) is 0. The van der Waals surface area contributed by atoms with Crippen molar-refractivity contribution in [2.24, 2.45) is 0 Å². The standard InChI is InChI=1S/C14H16N4O3/c15-9-11-5-4-6-12(14(11)18(20)21)16-10-13(19)17-7-2-1-3-8-17/h4-6,16H,1-3,7-8,10H2. The molecule has 1 N–H and O–H groups in total. The largest absolute Gasteiger partial charge is 0.371 e. The van der Waals surface area contributed by atoms with Crippen molar-refractivity contribution in [3.63, 3.8) is 0 Å². The second-order valence-corrected chi connectivity index (χ2v) is 4.87. The van der Waals surface area contributed by atoms with Gasteiger partial charge in [-0.3, -0.25) is 14.9 Å². The first-order valence-electron chi connectivity index (χ1n) is 6.82. The van der Waals surface area contributed by atoms with Gasteiger partial charge in [0.2, 0.25) is 5.91 Å². The Morgan fingerprint density at radius 2 is 2.10 bits per heavy atom. The highest BCUT2D eigenvalue weighted by Crippen LogP contribution is 2.27. The second kappa shape index (κ2) is 6.70. The first kappa shape index (κ1) is 14.8. The van der Waals surface area contributed by atoms with E-state index >= 15 is 0 Å². The van der Waals surface area contributed by atoms with E-state index in [2.05, 4.69) is 5.32 Å². The number of nitro groups is 1. The number of hydrogen-bond acceptors (Lipinski definition) is 5. The van der Waals surface area contributed by atoms with Gasteiger partial charge in [0.05, 0.1) is 11.5 Å². The van der Waals surface area contributed by atoms with Gasteiger partial charge in [0, 0.05) is 13.1 Å². The predicted octanol–water partition coefficient (Wildman–Crippen LogP) is 1.89. The lowest BCUT2D eigenvalue weighted by atomic mass is 10.1. The van der Waals surface area contributed by atoms with Crippen molar-refractivity contribution in [2.45, 2.75) is 19.3 Å². The molecule has 7 nitrogen and oxygen atoms in total. The van der Waals surface area contributed by atoms with Crippen LogP contribution < -0.4 is 5.32 Å². The molecule has 7 heteroatoms. The monoisotopic (exact) mass is 288 g/mol. The van der Waals surface area contributed by atoms with Crippen molar-refractivity contribution in [3.05, 3.63) is 33.9 Å². The Hall–Kier alpha value is -2.62. The van der Waals surface area contributed by atoms with E-state index in [-0.39, 0.29) is 29.4 Å². The van der Waals surface area contributed by atoms with Gasteiger partial charge in [-0.25, -0.2) is 0 Å². The Labute approximate surface area is 122 Å². The third-order valence-electron chi connectivity index (χ3n) is 3.48. The zero-order valence-corrected chi connectivity index (χ0v) is 11.5. The van der Waals surface area contributed by atoms with Crippen molar-refractivity contribution >= 4 is 17.3 Å². The quantitative estimate of drug-likeness (QED) is 0.673. The van der Waals surface area contributed by atoms with Crippen LogP contribution in [0.4, 0.5) is 11.4 Å². The van der Waals surface area contributed by atoms with E-state index < -0.39 is 4.92 Å². The predicted molar refractivity (Wildman–Crippen MR) is 76.7 cm³/mol. The summed E-state index contributed by atoms with van der Waals surface area (Å²) in [6.45, 7) is 1.47. The molecule has 21 heavy (non-hydrogen) atoms. The number of hydrogen-bond donors (Lipinski definition) is 1. The number of anilines is 1. The number of nitro benzene ring substituents is 1. The molecule has 0 radical (unpaired) electrons. The highest BCUT2D eigenvalue weighted by molar-refractivity contribution is 5.82. The Morgan fingerprint density at radius 3 is 2.71 bits per heavy atom. The van der Waals surface area contributed by atoms with Crippen LogP contribution in [-0.2, 0) is 4.79 Å². The first-order valence-corrected chi connectivity index (χ1v) is 6.82. The van der Waals surface area contributed by atoms with Gasteiger partial charge in [0.1, 0.15) is 17.3 Å². The van der Waals surface area contributed by atoms with Crippen LogP contribution in [0.5, 0.6) is 0 Å². The lowest BCUT2D eigenvalue weighted by Crippen LogP contribution is -2.39. The van der Waals surface area contributed by atoms with Gasteiger partial charge in [-0.15, -0.1) is 0 Å². The minimum Gasteiger partial charge on any atom is -0.371 e. The summed E-state index contributed by atoms with van der Waals surface area (Å²) in [5, 5.41) is 22.8. The highest BCUT2D eigenvalue weighted by atomic mass is 16.6. The molecule has 1 aliphatic rings. The Morgan fingerprint density at radius 1 is 1.38 bits per heavy atom. The normalized spacial score (nSPS) is 14.3. The fourth-order valence-corrected chi connectivity index (χ4v) is 2.40. The van der Waals surface area contributed by atoms with Crippen molar-refractivity contribution in [1.82, 2.24) is 4.90 Å². The van der Waals surface area contributed by atoms with Crippen LogP contribution in [0.1, 0.15) is 24.8 Å². The Kier molecular flexibility index (Phi) is 4.72. The number of carbonyl (C=O) groups excluding carboxylic acids is 1. The van der Waals surface area contributed by atoms with Gasteiger partial charge in [-0.2, -0.15) is 5.26 Å². The summed E-state index contributed by atoms with van der Waals surface area (Å²) in [4.78, 5) is 24.3. The zero-order chi connectivity index (χ0) is 15.2. The topological polar surface area (TPSA) is 99.3 Å². The molecule has 0 atom stereocenters. The molecule has 0 unspecified atom stereocenters. The number of benzene rings is 1. The molecule has 1 fully saturated rings. The van der Waals surface area contributed by atoms with E-state index in [4.69, 9.17) is 5.26 Å². The average molecular weight is 288 g/mol. The number of likely N-dealkylation sites (tertiary alicyclic amines) is 1. The Bertz CT molecular complexity index is 588. The fraction of sp³-hybridized carbons (Fsp3) is 0.429. The van der Waals surface area contributed by atoms with Crippen molar-refractivity contribution in [2.75, 3.05) is 25.0 Å². The van der Waals surface area contributed by atoms with Crippen molar-refractivity contribution in [1.29, 1.82) is 5.26 Å². The van der Waals surface area contributed by atoms with E-state index in [9.17, 15) is 14.9 Å². The van der Waals surface area contributed by atoms with Crippen LogP contribution in [0.15, 0.2) is 18.2 Å². The summed E-state index contributed by atoms with van der Waals surface area (Å²) >= 11 is 0. The number of nitriles is 1. The molecule has 1 saturated heterocycles. The van der Waals surface area contributed by atoms with E-state index in [1.807, 2.05) is 0 Å². The molecular formula is C14H16N4O3. The molecule has 1 aromatic rings. The maximum atomic E-state index is 12.0. The lowest BCUT2D eigenvalue weighted by Gasteiger charge is -2.26. The van der Waals surface area contributed by atoms with Crippen LogP contribution in [0.25, 0.3) is 0 Å². The van der Waals surface area contributed by atoms with Gasteiger partial charge in [0.15, 0.2) is 0 Å². The van der Waals surface area contributed by atoms with Gasteiger partial charge >= 0.3 is 5.69 Å². The average Bonchev–Trinajstić information content (AvgIpc) is 2.52. The minimum atomic E-state index is -0.605. The summed E-state index contributed by atoms with van der Waals surface area (Å²) in [6, 6.07) is 6.23. The summed E-state index contributed by atoms with van der Waals surface area (Å²) in [6.07, 6.45) is 3.12.